The van der Waals surface area contributed by atoms with Crippen molar-refractivity contribution in [3.63, 3.8) is 0 Å². The van der Waals surface area contributed by atoms with E-state index in [4.69, 9.17) is 23.7 Å². The maximum Gasteiger partial charge on any atom is 0.339 e. The van der Waals surface area contributed by atoms with E-state index in [9.17, 15) is 19.8 Å². The van der Waals surface area contributed by atoms with Crippen LogP contribution < -0.4 is 9.47 Å². The first-order chi connectivity index (χ1) is 18.6. The van der Waals surface area contributed by atoms with Gasteiger partial charge in [-0.15, -0.1) is 0 Å². The number of fused-ring (bicyclic) bond motifs is 3. The van der Waals surface area contributed by atoms with Crippen LogP contribution in [0.15, 0.2) is 24.0 Å². The Balaban J connectivity index is 1.51. The highest BCUT2D eigenvalue weighted by Crippen LogP contribution is 2.55. The molecule has 2 N–H and O–H groups in total. The Morgan fingerprint density at radius 3 is 2.64 bits per heavy atom. The largest absolute Gasteiger partial charge is 0.497 e. The lowest BCUT2D eigenvalue weighted by molar-refractivity contribution is -0.179. The van der Waals surface area contributed by atoms with E-state index in [-0.39, 0.29) is 31.5 Å². The fourth-order valence-electron chi connectivity index (χ4n) is 6.61. The van der Waals surface area contributed by atoms with Crippen LogP contribution in [0, 0.1) is 5.92 Å². The molecule has 0 aromatic heterocycles. The van der Waals surface area contributed by atoms with E-state index in [1.165, 1.54) is 7.11 Å². The summed E-state index contributed by atoms with van der Waals surface area (Å²) >= 11 is 0. The van der Waals surface area contributed by atoms with E-state index in [1.807, 2.05) is 26.0 Å². The molecule has 1 unspecified atom stereocenters. The third-order valence-electron chi connectivity index (χ3n) is 8.87. The van der Waals surface area contributed by atoms with E-state index in [0.29, 0.717) is 17.3 Å². The summed E-state index contributed by atoms with van der Waals surface area (Å²) in [4.78, 5) is 28.4. The van der Waals surface area contributed by atoms with Gasteiger partial charge in [-0.2, -0.15) is 0 Å². The number of esters is 2. The summed E-state index contributed by atoms with van der Waals surface area (Å²) in [5.74, 6) is -0.213. The summed E-state index contributed by atoms with van der Waals surface area (Å²) in [6, 6.07) is 4.00. The van der Waals surface area contributed by atoms with Crippen molar-refractivity contribution >= 4 is 11.9 Å². The molecule has 1 aromatic carbocycles. The predicted molar refractivity (Wildman–Crippen MR) is 139 cm³/mol. The fraction of sp³-hybridized carbons (Fsp3) is 0.655. The lowest BCUT2D eigenvalue weighted by atomic mass is 9.77. The molecule has 3 aliphatic heterocycles. The van der Waals surface area contributed by atoms with Gasteiger partial charge in [0.1, 0.15) is 5.76 Å². The first-order valence-electron chi connectivity index (χ1n) is 13.7. The van der Waals surface area contributed by atoms with Crippen LogP contribution in [-0.4, -0.2) is 84.5 Å². The lowest BCUT2D eigenvalue weighted by Crippen LogP contribution is -2.49. The second kappa shape index (κ2) is 10.6. The number of methoxy groups -OCH3 is 2. The number of ether oxygens (including phenoxy) is 5. The monoisotopic (exact) mass is 545 g/mol. The number of hydrogen-bond donors (Lipinski definition) is 2. The van der Waals surface area contributed by atoms with Gasteiger partial charge in [0.25, 0.3) is 0 Å². The number of carbonyl (C=O) groups excluding carboxylic acids is 2. The zero-order chi connectivity index (χ0) is 27.9. The molecule has 1 spiro atoms. The minimum atomic E-state index is -2.17. The predicted octanol–water partition coefficient (Wildman–Crippen LogP) is 2.44. The van der Waals surface area contributed by atoms with Crippen molar-refractivity contribution in [1.82, 2.24) is 4.90 Å². The first-order valence-corrected chi connectivity index (χ1v) is 13.7. The van der Waals surface area contributed by atoms with E-state index >= 15 is 0 Å². The second-order valence-corrected chi connectivity index (χ2v) is 11.4. The van der Waals surface area contributed by atoms with Gasteiger partial charge in [0, 0.05) is 6.54 Å². The first kappa shape index (κ1) is 27.7. The van der Waals surface area contributed by atoms with E-state index < -0.39 is 41.7 Å². The summed E-state index contributed by atoms with van der Waals surface area (Å²) in [5, 5.41) is 21.9. The smallest absolute Gasteiger partial charge is 0.339 e. The Hall–Kier alpha value is -2.82. The average Bonchev–Trinajstić information content (AvgIpc) is 3.60. The molecular formula is C29H39NO9. The molecule has 5 atom stereocenters. The molecule has 1 aromatic rings. The van der Waals surface area contributed by atoms with Crippen molar-refractivity contribution in [1.29, 1.82) is 0 Å². The third-order valence-corrected chi connectivity index (χ3v) is 8.87. The molecule has 1 aliphatic carbocycles. The van der Waals surface area contributed by atoms with Gasteiger partial charge in [-0.1, -0.05) is 13.8 Å². The number of hydrogen-bond acceptors (Lipinski definition) is 10. The van der Waals surface area contributed by atoms with Gasteiger partial charge in [-0.25, -0.2) is 4.79 Å². The van der Waals surface area contributed by atoms with Crippen LogP contribution in [0.4, 0.5) is 0 Å². The quantitative estimate of drug-likeness (QED) is 0.447. The van der Waals surface area contributed by atoms with E-state index in [1.54, 1.807) is 7.11 Å². The molecule has 1 fully saturated rings. The molecule has 214 valence electrons. The van der Waals surface area contributed by atoms with Crippen LogP contribution in [0.3, 0.4) is 0 Å². The maximum absolute atomic E-state index is 13.8. The number of aliphatic hydroxyl groups excluding tert-OH is 1. The van der Waals surface area contributed by atoms with Gasteiger partial charge in [-0.3, -0.25) is 9.69 Å². The Labute approximate surface area is 228 Å². The van der Waals surface area contributed by atoms with Gasteiger partial charge in [0.15, 0.2) is 23.2 Å². The molecule has 0 amide bonds. The van der Waals surface area contributed by atoms with Crippen molar-refractivity contribution in [3.8, 4) is 11.5 Å². The molecule has 39 heavy (non-hydrogen) atoms. The van der Waals surface area contributed by atoms with Gasteiger partial charge in [0.2, 0.25) is 6.79 Å². The number of aliphatic hydroxyl groups is 2. The van der Waals surface area contributed by atoms with Crippen molar-refractivity contribution < 1.29 is 43.5 Å². The van der Waals surface area contributed by atoms with Gasteiger partial charge < -0.3 is 33.9 Å². The van der Waals surface area contributed by atoms with Gasteiger partial charge in [-0.05, 0) is 73.9 Å². The minimum Gasteiger partial charge on any atom is -0.497 e. The fourth-order valence-corrected chi connectivity index (χ4v) is 6.61. The summed E-state index contributed by atoms with van der Waals surface area (Å²) < 4.78 is 28.1. The number of rotatable bonds is 9. The number of carbonyl (C=O) groups is 2. The summed E-state index contributed by atoms with van der Waals surface area (Å²) in [5.41, 5.74) is -0.509. The van der Waals surface area contributed by atoms with Crippen molar-refractivity contribution in [3.05, 3.63) is 35.1 Å². The summed E-state index contributed by atoms with van der Waals surface area (Å²) in [6.45, 7) is 5.58. The highest BCUT2D eigenvalue weighted by molar-refractivity contribution is 5.86. The Morgan fingerprint density at radius 1 is 1.21 bits per heavy atom. The van der Waals surface area contributed by atoms with E-state index in [2.05, 4.69) is 11.0 Å². The van der Waals surface area contributed by atoms with Crippen LogP contribution in [-0.2, 0) is 30.2 Å². The number of nitrogens with zero attached hydrogens (tertiary/aromatic N) is 1. The summed E-state index contributed by atoms with van der Waals surface area (Å²) in [6.07, 6.45) is 2.52. The molecule has 10 heteroatoms. The Morgan fingerprint density at radius 2 is 1.95 bits per heavy atom. The molecule has 0 bridgehead atoms. The Bertz CT molecular complexity index is 1150. The second-order valence-electron chi connectivity index (χ2n) is 11.4. The Kier molecular flexibility index (Phi) is 7.56. The zero-order valence-corrected chi connectivity index (χ0v) is 23.1. The molecular weight excluding hydrogens is 506 g/mol. The van der Waals surface area contributed by atoms with Crippen molar-refractivity contribution in [2.75, 3.05) is 34.1 Å². The van der Waals surface area contributed by atoms with Crippen molar-refractivity contribution in [2.45, 2.75) is 81.6 Å². The maximum atomic E-state index is 13.8. The standard InChI is InChI=1S/C29H39NO9/c1-17(2)20(31)6-9-29(34,15-24(32)36-4)27(33)39-26-23(35-3)14-28-8-5-10-30(28)11-7-18-12-21-22(38-16-37-21)13-19(18)25(26)28/h12-14,17,20,25-26,31,34H,5-11,15-16H2,1-4H3/t20?,25-,26-,28+,29-/m1/s1. The SMILES string of the molecule is COC(=O)C[C@](O)(CCC(O)C(C)C)C(=O)O[C@@H]1C(OC)=C[C@]23CCCN2CCc2cc4c(cc2[C@H]13)OCO4. The van der Waals surface area contributed by atoms with Crippen LogP contribution in [0.25, 0.3) is 0 Å². The molecule has 1 saturated heterocycles. The minimum absolute atomic E-state index is 0.0788. The van der Waals surface area contributed by atoms with Crippen LogP contribution in [0.1, 0.15) is 63.0 Å². The third kappa shape index (κ3) is 4.87. The molecule has 5 rings (SSSR count). The average molecular weight is 546 g/mol. The van der Waals surface area contributed by atoms with Gasteiger partial charge >= 0.3 is 11.9 Å². The number of benzene rings is 1. The van der Waals surface area contributed by atoms with Crippen molar-refractivity contribution in [2.24, 2.45) is 5.92 Å². The molecule has 3 heterocycles. The lowest BCUT2D eigenvalue weighted by Gasteiger charge is -2.39. The molecule has 0 saturated carbocycles. The molecule has 10 nitrogen and oxygen atoms in total. The normalized spacial score (nSPS) is 27.5. The van der Waals surface area contributed by atoms with E-state index in [0.717, 1.165) is 43.5 Å². The van der Waals surface area contributed by atoms with Crippen LogP contribution in [0.2, 0.25) is 0 Å². The molecule has 4 aliphatic rings. The zero-order valence-electron chi connectivity index (χ0n) is 23.1. The van der Waals surface area contributed by atoms with Gasteiger partial charge in [0.05, 0.1) is 38.2 Å². The molecule has 0 radical (unpaired) electrons. The highest BCUT2D eigenvalue weighted by atomic mass is 16.7. The highest BCUT2D eigenvalue weighted by Gasteiger charge is 2.59. The summed E-state index contributed by atoms with van der Waals surface area (Å²) in [7, 11) is 2.75. The van der Waals surface area contributed by atoms with Crippen LogP contribution >= 0.6 is 0 Å². The topological polar surface area (TPSA) is 124 Å². The van der Waals surface area contributed by atoms with Crippen LogP contribution in [0.5, 0.6) is 11.5 Å².